The predicted molar refractivity (Wildman–Crippen MR) is 105 cm³/mol. The second-order valence-electron chi connectivity index (χ2n) is 5.67. The van der Waals surface area contributed by atoms with Crippen LogP contribution in [0.3, 0.4) is 0 Å². The number of carbonyl (C=O) groups excluding carboxylic acids is 4. The molecule has 1 fully saturated rings. The van der Waals surface area contributed by atoms with Crippen LogP contribution < -0.4 is 14.6 Å². The number of hydrogen-bond donors (Lipinski definition) is 0. The molecule has 0 N–H and O–H groups in total. The van der Waals surface area contributed by atoms with Crippen LogP contribution in [0, 0.1) is 0 Å². The van der Waals surface area contributed by atoms with Crippen LogP contribution in [0.15, 0.2) is 21.5 Å². The van der Waals surface area contributed by atoms with Crippen molar-refractivity contribution in [3.05, 3.63) is 27.1 Å². The molecule has 2 amide bonds. The number of benzene rings is 1. The van der Waals surface area contributed by atoms with Crippen molar-refractivity contribution in [1.82, 2.24) is 4.90 Å². The van der Waals surface area contributed by atoms with Crippen molar-refractivity contribution in [3.8, 4) is 11.5 Å². The number of carboxylic acid groups (broad SMARTS) is 1. The molecule has 0 spiro atoms. The molecule has 1 atom stereocenters. The predicted octanol–water partition coefficient (Wildman–Crippen LogP) is 1.57. The third-order valence-electron chi connectivity index (χ3n) is 3.72. The molecule has 1 aliphatic rings. The Morgan fingerprint density at radius 2 is 2.03 bits per heavy atom. The Hall–Kier alpha value is -2.53. The van der Waals surface area contributed by atoms with Crippen molar-refractivity contribution in [3.63, 3.8) is 0 Å². The second kappa shape index (κ2) is 9.79. The molecule has 156 valence electrons. The molecular weight excluding hydrogens is 470 g/mol. The largest absolute Gasteiger partial charge is 0.546 e. The van der Waals surface area contributed by atoms with Gasteiger partial charge in [-0.05, 0) is 65.3 Å². The van der Waals surface area contributed by atoms with E-state index < -0.39 is 35.7 Å². The maximum Gasteiger partial charge on any atom is 0.329 e. The summed E-state index contributed by atoms with van der Waals surface area (Å²) in [6, 6.07) is 2.03. The van der Waals surface area contributed by atoms with Gasteiger partial charge in [-0.25, -0.2) is 4.79 Å². The number of ether oxygens (including phenoxy) is 3. The maximum absolute atomic E-state index is 12.6. The van der Waals surface area contributed by atoms with Crippen molar-refractivity contribution in [2.45, 2.75) is 19.9 Å². The van der Waals surface area contributed by atoms with Gasteiger partial charge >= 0.3 is 5.97 Å². The zero-order valence-corrected chi connectivity index (χ0v) is 18.1. The summed E-state index contributed by atoms with van der Waals surface area (Å²) in [6.07, 6.45) is 1.46. The molecule has 0 bridgehead atoms. The number of rotatable bonds is 8. The molecule has 2 rings (SSSR count). The minimum Gasteiger partial charge on any atom is -0.546 e. The number of amides is 2. The lowest BCUT2D eigenvalue weighted by Gasteiger charge is -2.19. The number of aliphatic carboxylic acids is 1. The minimum atomic E-state index is -1.40. The molecule has 0 unspecified atom stereocenters. The van der Waals surface area contributed by atoms with Crippen molar-refractivity contribution in [2.75, 3.05) is 20.3 Å². The van der Waals surface area contributed by atoms with Crippen molar-refractivity contribution < 1.29 is 38.5 Å². The van der Waals surface area contributed by atoms with E-state index in [9.17, 15) is 24.3 Å². The number of esters is 1. The van der Waals surface area contributed by atoms with Gasteiger partial charge in [-0.2, -0.15) is 0 Å². The van der Waals surface area contributed by atoms with Crippen LogP contribution in [-0.2, 0) is 19.1 Å². The number of carboxylic acids is 1. The fourth-order valence-corrected chi connectivity index (χ4v) is 3.91. The fourth-order valence-electron chi connectivity index (χ4n) is 2.43. The van der Waals surface area contributed by atoms with Gasteiger partial charge in [-0.1, -0.05) is 0 Å². The van der Waals surface area contributed by atoms with Gasteiger partial charge in [0.15, 0.2) is 11.5 Å². The first-order valence-electron chi connectivity index (χ1n) is 8.33. The number of carbonyl (C=O) groups is 4. The van der Waals surface area contributed by atoms with Gasteiger partial charge in [0.1, 0.15) is 12.6 Å². The first-order valence-corrected chi connectivity index (χ1v) is 9.94. The van der Waals surface area contributed by atoms with Crippen LogP contribution >= 0.6 is 27.7 Å². The highest BCUT2D eigenvalue weighted by atomic mass is 79.9. The average Bonchev–Trinajstić information content (AvgIpc) is 2.93. The summed E-state index contributed by atoms with van der Waals surface area (Å²) in [5.74, 6) is -2.32. The van der Waals surface area contributed by atoms with Gasteiger partial charge in [0, 0.05) is 0 Å². The van der Waals surface area contributed by atoms with Crippen LogP contribution in [0.1, 0.15) is 19.4 Å². The van der Waals surface area contributed by atoms with Crippen LogP contribution in [-0.4, -0.2) is 54.4 Å². The van der Waals surface area contributed by atoms with Crippen molar-refractivity contribution in [1.29, 1.82) is 0 Å². The van der Waals surface area contributed by atoms with E-state index in [2.05, 4.69) is 15.9 Å². The molecule has 1 saturated heterocycles. The van der Waals surface area contributed by atoms with Crippen LogP contribution in [0.2, 0.25) is 0 Å². The molecule has 0 aromatic heterocycles. The Labute approximate surface area is 179 Å². The number of methoxy groups -OCH3 is 1. The van der Waals surface area contributed by atoms with Crippen molar-refractivity contribution >= 4 is 56.9 Å². The number of hydrogen-bond acceptors (Lipinski definition) is 9. The summed E-state index contributed by atoms with van der Waals surface area (Å²) in [5, 5.41) is 10.0. The fraction of sp³-hybridized carbons (Fsp3) is 0.333. The summed E-state index contributed by atoms with van der Waals surface area (Å²) in [4.78, 5) is 48.3. The molecule has 1 heterocycles. The molecule has 0 aliphatic carbocycles. The van der Waals surface area contributed by atoms with Gasteiger partial charge in [0.25, 0.3) is 11.1 Å². The Kier molecular flexibility index (Phi) is 7.68. The van der Waals surface area contributed by atoms with E-state index in [4.69, 9.17) is 14.2 Å². The molecule has 1 aliphatic heterocycles. The summed E-state index contributed by atoms with van der Waals surface area (Å²) in [5.41, 5.74) is 0.490. The monoisotopic (exact) mass is 486 g/mol. The third-order valence-corrected chi connectivity index (χ3v) is 5.20. The third kappa shape index (κ3) is 5.30. The SMILES string of the molecule is CCOC(=O)[C@@H](C)N1C(=O)S/C(=C\c2cc(Br)c(OCC(=O)[O-])c(OC)c2)C1=O. The van der Waals surface area contributed by atoms with Crippen LogP contribution in [0.5, 0.6) is 11.5 Å². The lowest BCUT2D eigenvalue weighted by molar-refractivity contribution is -0.307. The topological polar surface area (TPSA) is 122 Å². The van der Waals surface area contributed by atoms with Gasteiger partial charge in [-0.15, -0.1) is 0 Å². The Morgan fingerprint density at radius 1 is 1.34 bits per heavy atom. The molecule has 11 heteroatoms. The molecule has 0 saturated carbocycles. The van der Waals surface area contributed by atoms with Gasteiger partial charge in [-0.3, -0.25) is 14.5 Å². The molecular formula is C18H17BrNO8S-. The molecule has 29 heavy (non-hydrogen) atoms. The highest BCUT2D eigenvalue weighted by Gasteiger charge is 2.41. The summed E-state index contributed by atoms with van der Waals surface area (Å²) in [7, 11) is 1.37. The lowest BCUT2D eigenvalue weighted by atomic mass is 10.1. The van der Waals surface area contributed by atoms with E-state index in [-0.39, 0.29) is 23.0 Å². The Morgan fingerprint density at radius 3 is 2.62 bits per heavy atom. The van der Waals surface area contributed by atoms with E-state index >= 15 is 0 Å². The van der Waals surface area contributed by atoms with Gasteiger partial charge in [0.05, 0.1) is 29.1 Å². The second-order valence-corrected chi connectivity index (χ2v) is 7.52. The minimum absolute atomic E-state index is 0.114. The smallest absolute Gasteiger partial charge is 0.329 e. The van der Waals surface area contributed by atoms with E-state index in [0.717, 1.165) is 4.90 Å². The summed E-state index contributed by atoms with van der Waals surface area (Å²) < 4.78 is 15.6. The number of halogens is 1. The molecule has 9 nitrogen and oxygen atoms in total. The zero-order chi connectivity index (χ0) is 21.7. The number of thioether (sulfide) groups is 1. The highest BCUT2D eigenvalue weighted by Crippen LogP contribution is 2.39. The van der Waals surface area contributed by atoms with E-state index in [1.54, 1.807) is 13.0 Å². The molecule has 1 aromatic carbocycles. The zero-order valence-electron chi connectivity index (χ0n) is 15.7. The van der Waals surface area contributed by atoms with Crippen LogP contribution in [0.25, 0.3) is 6.08 Å². The maximum atomic E-state index is 12.6. The average molecular weight is 487 g/mol. The number of imide groups is 1. The Bertz CT molecular complexity index is 885. The molecule has 0 radical (unpaired) electrons. The van der Waals surface area contributed by atoms with Gasteiger partial charge in [0.2, 0.25) is 0 Å². The first kappa shape index (κ1) is 22.8. The highest BCUT2D eigenvalue weighted by molar-refractivity contribution is 9.10. The van der Waals surface area contributed by atoms with Crippen LogP contribution in [0.4, 0.5) is 4.79 Å². The number of nitrogens with zero attached hydrogens (tertiary/aromatic N) is 1. The molecule has 1 aromatic rings. The first-order chi connectivity index (χ1) is 13.7. The summed E-state index contributed by atoms with van der Waals surface area (Å²) in [6.45, 7) is 2.51. The standard InChI is InChI=1S/C18H18BrNO8S/c1-4-27-17(24)9(2)20-16(23)13(29-18(20)25)7-10-5-11(19)15(12(6-10)26-3)28-8-14(21)22/h5-7,9H,4,8H2,1-3H3,(H,21,22)/p-1/b13-7-/t9-/m1/s1. The van der Waals surface area contributed by atoms with Gasteiger partial charge < -0.3 is 24.1 Å². The van der Waals surface area contributed by atoms with Crippen molar-refractivity contribution in [2.24, 2.45) is 0 Å². The van der Waals surface area contributed by atoms with E-state index in [1.807, 2.05) is 0 Å². The van der Waals surface area contributed by atoms with E-state index in [0.29, 0.717) is 21.8 Å². The lowest BCUT2D eigenvalue weighted by Crippen LogP contribution is -2.42. The summed E-state index contributed by atoms with van der Waals surface area (Å²) >= 11 is 3.95. The Balaban J connectivity index is 2.31. The normalized spacial score (nSPS) is 16.1. The van der Waals surface area contributed by atoms with E-state index in [1.165, 1.54) is 26.2 Å². The quantitative estimate of drug-likeness (QED) is 0.397.